The second-order valence-corrected chi connectivity index (χ2v) is 7.09. The third-order valence-electron chi connectivity index (χ3n) is 4.45. The third-order valence-corrected chi connectivity index (χ3v) is 5.42. The van der Waals surface area contributed by atoms with Crippen LogP contribution in [-0.4, -0.2) is 27.7 Å². The van der Waals surface area contributed by atoms with Crippen LogP contribution in [0.1, 0.15) is 21.6 Å². The van der Waals surface area contributed by atoms with Gasteiger partial charge in [-0.15, -0.1) is 0 Å². The number of rotatable bonds is 5. The lowest BCUT2D eigenvalue weighted by Crippen LogP contribution is -2.17. The molecule has 0 radical (unpaired) electrons. The monoisotopic (exact) mass is 396 g/mol. The summed E-state index contributed by atoms with van der Waals surface area (Å²) in [5, 5.41) is 18.7. The highest BCUT2D eigenvalue weighted by atomic mass is 32.2. The molecule has 9 heteroatoms. The van der Waals surface area contributed by atoms with E-state index < -0.39 is 10.8 Å². The van der Waals surface area contributed by atoms with Crippen molar-refractivity contribution >= 4 is 29.2 Å². The fraction of sp³-hybridized carbons (Fsp3) is 0.158. The molecule has 1 amide bonds. The van der Waals surface area contributed by atoms with Crippen LogP contribution in [0.25, 0.3) is 5.69 Å². The maximum absolute atomic E-state index is 12.8. The molecule has 142 valence electrons. The van der Waals surface area contributed by atoms with E-state index in [0.29, 0.717) is 11.6 Å². The molecule has 8 nitrogen and oxygen atoms in total. The van der Waals surface area contributed by atoms with Crippen LogP contribution in [0.2, 0.25) is 0 Å². The van der Waals surface area contributed by atoms with Gasteiger partial charge in [-0.1, -0.05) is 12.1 Å². The van der Waals surface area contributed by atoms with E-state index in [0.717, 1.165) is 28.5 Å². The van der Waals surface area contributed by atoms with Crippen molar-refractivity contribution in [2.45, 2.75) is 11.5 Å². The molecular weight excluding hydrogens is 380 g/mol. The molecule has 0 bridgehead atoms. The molecule has 28 heavy (non-hydrogen) atoms. The molecule has 1 aromatic heterocycles. The van der Waals surface area contributed by atoms with E-state index in [-0.39, 0.29) is 11.3 Å². The molecule has 0 saturated carbocycles. The number of amides is 1. The van der Waals surface area contributed by atoms with E-state index in [2.05, 4.69) is 10.4 Å². The summed E-state index contributed by atoms with van der Waals surface area (Å²) in [5.74, 6) is 2.18. The van der Waals surface area contributed by atoms with Gasteiger partial charge in [-0.25, -0.2) is 4.68 Å². The quantitative estimate of drug-likeness (QED) is 0.520. The number of hydrogen-bond donors (Lipinski definition) is 1. The molecule has 0 fully saturated rings. The lowest BCUT2D eigenvalue weighted by atomic mass is 10.1. The van der Waals surface area contributed by atoms with Crippen molar-refractivity contribution in [1.82, 2.24) is 9.78 Å². The van der Waals surface area contributed by atoms with Gasteiger partial charge in [-0.2, -0.15) is 16.9 Å². The molecule has 0 saturated heterocycles. The minimum atomic E-state index is -0.560. The van der Waals surface area contributed by atoms with Gasteiger partial charge in [0.05, 0.1) is 23.4 Å². The topological polar surface area (TPSA) is 99.3 Å². The summed E-state index contributed by atoms with van der Waals surface area (Å²) in [6, 6.07) is 13.2. The lowest BCUT2D eigenvalue weighted by molar-refractivity contribution is -0.385. The normalized spacial score (nSPS) is 12.5. The number of ether oxygens (including phenoxy) is 1. The Morgan fingerprint density at radius 1 is 1.21 bits per heavy atom. The zero-order chi connectivity index (χ0) is 19.7. The molecule has 0 atom stereocenters. The Bertz CT molecular complexity index is 1060. The van der Waals surface area contributed by atoms with Crippen LogP contribution in [0, 0.1) is 10.1 Å². The third kappa shape index (κ3) is 3.20. The number of benzene rings is 2. The van der Waals surface area contributed by atoms with Crippen molar-refractivity contribution < 1.29 is 14.5 Å². The number of nitrogens with one attached hydrogen (secondary N) is 1. The molecule has 2 aromatic carbocycles. The first kappa shape index (κ1) is 18.1. The van der Waals surface area contributed by atoms with Crippen molar-refractivity contribution in [2.24, 2.45) is 0 Å². The van der Waals surface area contributed by atoms with Crippen LogP contribution in [0.4, 0.5) is 11.5 Å². The van der Waals surface area contributed by atoms with Gasteiger partial charge in [-0.05, 0) is 30.3 Å². The van der Waals surface area contributed by atoms with Crippen molar-refractivity contribution in [3.63, 3.8) is 0 Å². The van der Waals surface area contributed by atoms with Crippen LogP contribution in [0.5, 0.6) is 5.75 Å². The summed E-state index contributed by atoms with van der Waals surface area (Å²) in [4.78, 5) is 23.5. The molecule has 2 heterocycles. The molecule has 0 spiro atoms. The number of nitro groups is 1. The predicted octanol–water partition coefficient (Wildman–Crippen LogP) is 3.79. The Morgan fingerprint density at radius 2 is 1.96 bits per heavy atom. The van der Waals surface area contributed by atoms with E-state index in [1.165, 1.54) is 18.2 Å². The summed E-state index contributed by atoms with van der Waals surface area (Å²) in [6.07, 6.45) is 0. The fourth-order valence-electron chi connectivity index (χ4n) is 3.05. The number of methoxy groups -OCH3 is 1. The van der Waals surface area contributed by atoms with E-state index in [9.17, 15) is 14.9 Å². The molecule has 3 aromatic rings. The van der Waals surface area contributed by atoms with Crippen LogP contribution >= 0.6 is 11.8 Å². The SMILES string of the molecule is COc1ccc(-n2nc3c(c2NC(=O)c2ccccc2[N+](=O)[O-])CSC3)cc1. The van der Waals surface area contributed by atoms with Gasteiger partial charge in [0.2, 0.25) is 0 Å². The van der Waals surface area contributed by atoms with Crippen molar-refractivity contribution in [3.05, 3.63) is 75.5 Å². The van der Waals surface area contributed by atoms with Crippen molar-refractivity contribution in [3.8, 4) is 11.4 Å². The predicted molar refractivity (Wildman–Crippen MR) is 106 cm³/mol. The molecule has 1 N–H and O–H groups in total. The Labute approximate surface area is 164 Å². The summed E-state index contributed by atoms with van der Waals surface area (Å²) in [6.45, 7) is 0. The van der Waals surface area contributed by atoms with E-state index in [1.807, 2.05) is 24.3 Å². The average Bonchev–Trinajstić information content (AvgIpc) is 3.30. The molecular formula is C19H16N4O4S. The van der Waals surface area contributed by atoms with Crippen molar-refractivity contribution in [2.75, 3.05) is 12.4 Å². The number of nitro benzene ring substituents is 1. The Morgan fingerprint density at radius 3 is 2.68 bits per heavy atom. The Kier molecular flexibility index (Phi) is 4.74. The van der Waals surface area contributed by atoms with Gasteiger partial charge in [0.1, 0.15) is 17.1 Å². The van der Waals surface area contributed by atoms with Crippen LogP contribution in [0.15, 0.2) is 48.5 Å². The molecule has 0 unspecified atom stereocenters. The smallest absolute Gasteiger partial charge is 0.282 e. The summed E-state index contributed by atoms with van der Waals surface area (Å²) in [5.41, 5.74) is 2.38. The maximum Gasteiger partial charge on any atom is 0.282 e. The first-order valence-electron chi connectivity index (χ1n) is 8.46. The second-order valence-electron chi connectivity index (χ2n) is 6.10. The van der Waals surface area contributed by atoms with Gasteiger partial charge < -0.3 is 10.1 Å². The number of fused-ring (bicyclic) bond motifs is 1. The molecule has 1 aliphatic rings. The first-order valence-corrected chi connectivity index (χ1v) is 9.61. The Balaban J connectivity index is 1.73. The second kappa shape index (κ2) is 7.35. The molecule has 4 rings (SSSR count). The van der Waals surface area contributed by atoms with E-state index in [4.69, 9.17) is 4.74 Å². The van der Waals surface area contributed by atoms with Gasteiger partial charge in [0.15, 0.2) is 0 Å². The van der Waals surface area contributed by atoms with Crippen LogP contribution in [0.3, 0.4) is 0 Å². The van der Waals surface area contributed by atoms with Gasteiger partial charge in [-0.3, -0.25) is 14.9 Å². The highest BCUT2D eigenvalue weighted by Gasteiger charge is 2.27. The lowest BCUT2D eigenvalue weighted by Gasteiger charge is -2.11. The number of carbonyl (C=O) groups excluding carboxylic acids is 1. The average molecular weight is 396 g/mol. The van der Waals surface area contributed by atoms with Gasteiger partial charge >= 0.3 is 0 Å². The van der Waals surface area contributed by atoms with Crippen molar-refractivity contribution in [1.29, 1.82) is 0 Å². The minimum Gasteiger partial charge on any atom is -0.497 e. The number of aromatic nitrogens is 2. The minimum absolute atomic E-state index is 0.00869. The van der Waals surface area contributed by atoms with Crippen LogP contribution < -0.4 is 10.1 Å². The highest BCUT2D eigenvalue weighted by molar-refractivity contribution is 7.98. The summed E-state index contributed by atoms with van der Waals surface area (Å²) < 4.78 is 6.85. The number of thioether (sulfide) groups is 1. The standard InChI is InChI=1S/C19H16N4O4S/c1-27-13-8-6-12(7-9-13)22-18(15-10-28-11-16(15)21-22)20-19(24)14-4-2-3-5-17(14)23(25)26/h2-9H,10-11H2,1H3,(H,20,24). The number of anilines is 1. The molecule has 1 aliphatic heterocycles. The maximum atomic E-state index is 12.8. The first-order chi connectivity index (χ1) is 13.6. The highest BCUT2D eigenvalue weighted by Crippen LogP contribution is 2.36. The summed E-state index contributed by atoms with van der Waals surface area (Å²) >= 11 is 1.71. The molecule has 0 aliphatic carbocycles. The van der Waals surface area contributed by atoms with Gasteiger partial charge in [0.25, 0.3) is 11.6 Å². The number of nitrogens with zero attached hydrogens (tertiary/aromatic N) is 3. The van der Waals surface area contributed by atoms with Crippen LogP contribution in [-0.2, 0) is 11.5 Å². The number of hydrogen-bond acceptors (Lipinski definition) is 6. The van der Waals surface area contributed by atoms with E-state index >= 15 is 0 Å². The fourth-order valence-corrected chi connectivity index (χ4v) is 4.09. The largest absolute Gasteiger partial charge is 0.497 e. The van der Waals surface area contributed by atoms with Gasteiger partial charge in [0, 0.05) is 23.1 Å². The zero-order valence-corrected chi connectivity index (χ0v) is 15.7. The number of carbonyl (C=O) groups is 1. The Hall–Kier alpha value is -3.33. The van der Waals surface area contributed by atoms with E-state index in [1.54, 1.807) is 29.6 Å². The zero-order valence-electron chi connectivity index (χ0n) is 14.9. The summed E-state index contributed by atoms with van der Waals surface area (Å²) in [7, 11) is 1.59. The number of para-hydroxylation sites is 1.